The van der Waals surface area contributed by atoms with Gasteiger partial charge < -0.3 is 15.6 Å². The van der Waals surface area contributed by atoms with Crippen molar-refractivity contribution in [3.05, 3.63) is 23.0 Å². The summed E-state index contributed by atoms with van der Waals surface area (Å²) in [7, 11) is 5.69. The predicted octanol–water partition coefficient (Wildman–Crippen LogP) is 1.70. The zero-order chi connectivity index (χ0) is 13.3. The van der Waals surface area contributed by atoms with E-state index in [2.05, 4.69) is 5.32 Å². The van der Waals surface area contributed by atoms with Crippen molar-refractivity contribution >= 4 is 11.5 Å². The Labute approximate surface area is 108 Å². The third kappa shape index (κ3) is 2.47. The second-order valence-corrected chi connectivity index (χ2v) is 5.24. The van der Waals surface area contributed by atoms with Gasteiger partial charge in [-0.1, -0.05) is 0 Å². The number of carbonyl (C=O) groups is 1. The Hall–Kier alpha value is -1.58. The van der Waals surface area contributed by atoms with E-state index in [1.165, 1.54) is 0 Å². The second kappa shape index (κ2) is 4.96. The SMILES string of the molecule is CN/C(=C1\C(=N)CC/C(=C\N(C)C)C1=O)C1CC1. The van der Waals surface area contributed by atoms with Crippen LogP contribution in [0.2, 0.25) is 0 Å². The van der Waals surface area contributed by atoms with Crippen LogP contribution < -0.4 is 5.32 Å². The maximum Gasteiger partial charge on any atom is 0.194 e. The lowest BCUT2D eigenvalue weighted by Crippen LogP contribution is -2.27. The predicted molar refractivity (Wildman–Crippen MR) is 72.5 cm³/mol. The molecule has 4 nitrogen and oxygen atoms in total. The Morgan fingerprint density at radius 3 is 2.56 bits per heavy atom. The van der Waals surface area contributed by atoms with Crippen LogP contribution in [0.4, 0.5) is 0 Å². The maximum absolute atomic E-state index is 12.5. The van der Waals surface area contributed by atoms with Crippen molar-refractivity contribution < 1.29 is 4.79 Å². The van der Waals surface area contributed by atoms with Gasteiger partial charge in [0.2, 0.25) is 0 Å². The van der Waals surface area contributed by atoms with Crippen LogP contribution >= 0.6 is 0 Å². The molecule has 2 rings (SSSR count). The molecule has 0 bridgehead atoms. The molecule has 0 unspecified atom stereocenters. The fourth-order valence-electron chi connectivity index (χ4n) is 2.42. The van der Waals surface area contributed by atoms with Crippen LogP contribution in [-0.4, -0.2) is 37.5 Å². The van der Waals surface area contributed by atoms with E-state index in [1.54, 1.807) is 0 Å². The lowest BCUT2D eigenvalue weighted by atomic mass is 9.85. The van der Waals surface area contributed by atoms with E-state index >= 15 is 0 Å². The smallest absolute Gasteiger partial charge is 0.194 e. The van der Waals surface area contributed by atoms with Crippen LogP contribution in [0.3, 0.4) is 0 Å². The zero-order valence-corrected chi connectivity index (χ0v) is 11.3. The third-order valence-electron chi connectivity index (χ3n) is 3.40. The molecule has 0 aliphatic heterocycles. The number of allylic oxidation sites excluding steroid dienone is 3. The Morgan fingerprint density at radius 1 is 1.39 bits per heavy atom. The number of Topliss-reactive ketones (excluding diaryl/α,β-unsaturated/α-hetero) is 1. The quantitative estimate of drug-likeness (QED) is 0.746. The molecule has 0 aromatic rings. The molecular formula is C14H21N3O. The number of nitrogens with one attached hydrogen (secondary N) is 2. The summed E-state index contributed by atoms with van der Waals surface area (Å²) in [6, 6.07) is 0. The molecule has 0 radical (unpaired) electrons. The molecule has 2 N–H and O–H groups in total. The van der Waals surface area contributed by atoms with E-state index in [0.717, 1.165) is 24.1 Å². The average Bonchev–Trinajstić information content (AvgIpc) is 3.12. The summed E-state index contributed by atoms with van der Waals surface area (Å²) < 4.78 is 0. The number of carbonyl (C=O) groups excluding carboxylic acids is 1. The van der Waals surface area contributed by atoms with Crippen molar-refractivity contribution in [2.24, 2.45) is 5.92 Å². The summed E-state index contributed by atoms with van der Waals surface area (Å²) in [6.45, 7) is 0. The molecule has 0 aromatic heterocycles. The largest absolute Gasteiger partial charge is 0.391 e. The molecule has 98 valence electrons. The molecule has 0 spiro atoms. The first kappa shape index (κ1) is 12.9. The fourth-order valence-corrected chi connectivity index (χ4v) is 2.42. The molecule has 0 heterocycles. The van der Waals surface area contributed by atoms with Crippen molar-refractivity contribution in [3.63, 3.8) is 0 Å². The van der Waals surface area contributed by atoms with E-state index < -0.39 is 0 Å². The number of hydrogen-bond acceptors (Lipinski definition) is 4. The van der Waals surface area contributed by atoms with Gasteiger partial charge in [0.25, 0.3) is 0 Å². The van der Waals surface area contributed by atoms with Crippen LogP contribution in [0.15, 0.2) is 23.0 Å². The van der Waals surface area contributed by atoms with Crippen molar-refractivity contribution in [3.8, 4) is 0 Å². The van der Waals surface area contributed by atoms with Gasteiger partial charge in [0.1, 0.15) is 0 Å². The monoisotopic (exact) mass is 247 g/mol. The highest BCUT2D eigenvalue weighted by atomic mass is 16.1. The number of rotatable bonds is 3. The van der Waals surface area contributed by atoms with Gasteiger partial charge in [-0.25, -0.2) is 0 Å². The Balaban J connectivity index is 2.38. The van der Waals surface area contributed by atoms with Crippen molar-refractivity contribution in [2.45, 2.75) is 25.7 Å². The number of ketones is 1. The molecule has 18 heavy (non-hydrogen) atoms. The van der Waals surface area contributed by atoms with Gasteiger partial charge in [-0.05, 0) is 31.6 Å². The molecular weight excluding hydrogens is 226 g/mol. The van der Waals surface area contributed by atoms with E-state index in [-0.39, 0.29) is 5.78 Å². The standard InChI is InChI=1S/C14H21N3O/c1-16-13(9-4-5-9)12-11(15)7-6-10(14(12)18)8-17(2)3/h8-9,15-16H,4-7H2,1-3H3/b10-8+,13-12+,15-11?. The normalized spacial score (nSPS) is 25.4. The van der Waals surface area contributed by atoms with Crippen LogP contribution in [0.1, 0.15) is 25.7 Å². The minimum Gasteiger partial charge on any atom is -0.391 e. The highest BCUT2D eigenvalue weighted by Crippen LogP contribution is 2.38. The summed E-state index contributed by atoms with van der Waals surface area (Å²) in [5, 5.41) is 11.2. The molecule has 2 aliphatic rings. The van der Waals surface area contributed by atoms with Crippen molar-refractivity contribution in [1.82, 2.24) is 10.2 Å². The molecule has 0 saturated heterocycles. The Morgan fingerprint density at radius 2 is 2.06 bits per heavy atom. The second-order valence-electron chi connectivity index (χ2n) is 5.24. The van der Waals surface area contributed by atoms with E-state index in [1.807, 2.05) is 32.2 Å². The molecule has 2 aliphatic carbocycles. The first-order chi connectivity index (χ1) is 8.54. The maximum atomic E-state index is 12.5. The van der Waals surface area contributed by atoms with Crippen LogP contribution in [0, 0.1) is 11.3 Å². The molecule has 0 atom stereocenters. The minimum atomic E-state index is 0.0381. The summed E-state index contributed by atoms with van der Waals surface area (Å²) in [5.41, 5.74) is 2.92. The minimum absolute atomic E-state index is 0.0381. The first-order valence-electron chi connectivity index (χ1n) is 6.46. The van der Waals surface area contributed by atoms with Gasteiger partial charge in [0.05, 0.1) is 5.57 Å². The van der Waals surface area contributed by atoms with Gasteiger partial charge in [0.15, 0.2) is 5.78 Å². The van der Waals surface area contributed by atoms with Gasteiger partial charge in [-0.3, -0.25) is 4.79 Å². The molecule has 2 fully saturated rings. The molecule has 2 saturated carbocycles. The zero-order valence-electron chi connectivity index (χ0n) is 11.3. The van der Waals surface area contributed by atoms with Gasteiger partial charge in [-0.15, -0.1) is 0 Å². The first-order valence-corrected chi connectivity index (χ1v) is 6.46. The van der Waals surface area contributed by atoms with Crippen LogP contribution in [0.25, 0.3) is 0 Å². The lowest BCUT2D eigenvalue weighted by Gasteiger charge is -2.22. The number of nitrogens with zero attached hydrogens (tertiary/aromatic N) is 1. The average molecular weight is 247 g/mol. The Kier molecular flexibility index (Phi) is 3.55. The molecule has 0 aromatic carbocycles. The molecule has 0 amide bonds. The summed E-state index contributed by atoms with van der Waals surface area (Å²) >= 11 is 0. The highest BCUT2D eigenvalue weighted by molar-refractivity contribution is 6.29. The summed E-state index contributed by atoms with van der Waals surface area (Å²) in [6.07, 6.45) is 5.49. The highest BCUT2D eigenvalue weighted by Gasteiger charge is 2.34. The van der Waals surface area contributed by atoms with Crippen LogP contribution in [-0.2, 0) is 4.79 Å². The lowest BCUT2D eigenvalue weighted by molar-refractivity contribution is -0.112. The van der Waals surface area contributed by atoms with Gasteiger partial charge in [0, 0.05) is 44.3 Å². The van der Waals surface area contributed by atoms with E-state index in [0.29, 0.717) is 30.0 Å². The van der Waals surface area contributed by atoms with E-state index in [4.69, 9.17) is 5.41 Å². The summed E-state index contributed by atoms with van der Waals surface area (Å²) in [4.78, 5) is 14.4. The topological polar surface area (TPSA) is 56.2 Å². The van der Waals surface area contributed by atoms with Gasteiger partial charge in [-0.2, -0.15) is 0 Å². The van der Waals surface area contributed by atoms with Crippen molar-refractivity contribution in [1.29, 1.82) is 5.41 Å². The Bertz CT molecular complexity index is 442. The fraction of sp³-hybridized carbons (Fsp3) is 0.571. The molecule has 4 heteroatoms. The van der Waals surface area contributed by atoms with Crippen LogP contribution in [0.5, 0.6) is 0 Å². The summed E-state index contributed by atoms with van der Waals surface area (Å²) in [5.74, 6) is 0.504. The van der Waals surface area contributed by atoms with Gasteiger partial charge >= 0.3 is 0 Å². The number of hydrogen-bond donors (Lipinski definition) is 2. The van der Waals surface area contributed by atoms with E-state index in [9.17, 15) is 4.79 Å². The van der Waals surface area contributed by atoms with Crippen molar-refractivity contribution in [2.75, 3.05) is 21.1 Å². The third-order valence-corrected chi connectivity index (χ3v) is 3.40.